The summed E-state index contributed by atoms with van der Waals surface area (Å²) in [5.74, 6) is 0.779. The molecule has 0 aliphatic carbocycles. The zero-order chi connectivity index (χ0) is 9.68. The number of hydrogen-bond donors (Lipinski definition) is 1. The highest BCUT2D eigenvalue weighted by molar-refractivity contribution is 4.89. The molecule has 0 unspecified atom stereocenters. The molecule has 2 N–H and O–H groups in total. The Hall–Kier alpha value is -0.340. The normalized spacial score (nSPS) is 20.5. The van der Waals surface area contributed by atoms with Crippen molar-refractivity contribution in [3.8, 4) is 0 Å². The smallest absolute Gasteiger partial charge is 0.00184 e. The molecule has 0 amide bonds. The van der Waals surface area contributed by atoms with Crippen LogP contribution < -0.4 is 5.73 Å². The molecule has 0 aromatic rings. The second kappa shape index (κ2) is 5.40. The number of nitrogens with zero attached hydrogens (tertiary/aromatic N) is 1. The van der Waals surface area contributed by atoms with E-state index in [0.29, 0.717) is 0 Å². The summed E-state index contributed by atoms with van der Waals surface area (Å²) in [5, 5.41) is 0. The van der Waals surface area contributed by atoms with Gasteiger partial charge in [0.2, 0.25) is 0 Å². The number of rotatable bonds is 4. The van der Waals surface area contributed by atoms with E-state index >= 15 is 0 Å². The Morgan fingerprint density at radius 3 is 2.54 bits per heavy atom. The maximum Gasteiger partial charge on any atom is 0.00184 e. The molecule has 1 fully saturated rings. The number of nitrogens with two attached hydrogens (primary N) is 1. The lowest BCUT2D eigenvalue weighted by atomic mass is 9.97. The van der Waals surface area contributed by atoms with Crippen LogP contribution in [0.5, 0.6) is 0 Å². The first-order valence-corrected chi connectivity index (χ1v) is 5.29. The highest BCUT2D eigenvalue weighted by atomic mass is 15.1. The van der Waals surface area contributed by atoms with Crippen molar-refractivity contribution in [3.63, 3.8) is 0 Å². The molecule has 0 atom stereocenters. The Bertz CT molecular complexity index is 157. The largest absolute Gasteiger partial charge is 0.330 e. The van der Waals surface area contributed by atoms with Gasteiger partial charge in [0.25, 0.3) is 0 Å². The van der Waals surface area contributed by atoms with Gasteiger partial charge in [-0.3, -0.25) is 0 Å². The van der Waals surface area contributed by atoms with E-state index in [2.05, 4.69) is 18.4 Å². The van der Waals surface area contributed by atoms with Crippen LogP contribution >= 0.6 is 0 Å². The van der Waals surface area contributed by atoms with E-state index in [0.717, 1.165) is 18.9 Å². The zero-order valence-electron chi connectivity index (χ0n) is 8.76. The van der Waals surface area contributed by atoms with Crippen LogP contribution in [-0.2, 0) is 0 Å². The van der Waals surface area contributed by atoms with Crippen LogP contribution in [0.1, 0.15) is 26.2 Å². The average Bonchev–Trinajstić information content (AvgIpc) is 2.15. The maximum atomic E-state index is 5.64. The molecule has 1 saturated heterocycles. The van der Waals surface area contributed by atoms with Gasteiger partial charge >= 0.3 is 0 Å². The lowest BCUT2D eigenvalue weighted by Gasteiger charge is -2.31. The molecule has 76 valence electrons. The number of likely N-dealkylation sites (tertiary alicyclic amines) is 1. The molecular weight excluding hydrogens is 160 g/mol. The second-order valence-electron chi connectivity index (χ2n) is 4.23. The highest BCUT2D eigenvalue weighted by Crippen LogP contribution is 2.16. The standard InChI is InChI=1S/C11H22N2/c1-10(2)3-6-13-7-4-11(9-12)5-8-13/h11H,1,3-9,12H2,2H3. The van der Waals surface area contributed by atoms with Gasteiger partial charge in [0, 0.05) is 6.54 Å². The molecular formula is C11H22N2. The Morgan fingerprint density at radius 2 is 2.08 bits per heavy atom. The summed E-state index contributed by atoms with van der Waals surface area (Å²) in [4.78, 5) is 2.53. The Balaban J connectivity index is 2.14. The summed E-state index contributed by atoms with van der Waals surface area (Å²) in [6.07, 6.45) is 3.71. The molecule has 0 aromatic carbocycles. The molecule has 1 aliphatic heterocycles. The van der Waals surface area contributed by atoms with Crippen LogP contribution in [0.2, 0.25) is 0 Å². The molecule has 0 saturated carbocycles. The molecule has 2 heteroatoms. The van der Waals surface area contributed by atoms with Crippen molar-refractivity contribution in [1.82, 2.24) is 4.90 Å². The minimum atomic E-state index is 0.779. The van der Waals surface area contributed by atoms with E-state index in [1.807, 2.05) is 0 Å². The molecule has 1 heterocycles. The van der Waals surface area contributed by atoms with Gasteiger partial charge in [-0.25, -0.2) is 0 Å². The second-order valence-corrected chi connectivity index (χ2v) is 4.23. The van der Waals surface area contributed by atoms with Crippen LogP contribution in [0.25, 0.3) is 0 Å². The van der Waals surface area contributed by atoms with Crippen LogP contribution in [0.4, 0.5) is 0 Å². The summed E-state index contributed by atoms with van der Waals surface area (Å²) in [5.41, 5.74) is 6.93. The Labute approximate surface area is 81.8 Å². The number of piperidine rings is 1. The first-order chi connectivity index (χ1) is 6.22. The zero-order valence-corrected chi connectivity index (χ0v) is 8.76. The molecule has 1 rings (SSSR count). The van der Waals surface area contributed by atoms with Crippen LogP contribution in [0.15, 0.2) is 12.2 Å². The molecule has 0 aromatic heterocycles. The van der Waals surface area contributed by atoms with Crippen molar-refractivity contribution in [2.75, 3.05) is 26.2 Å². The van der Waals surface area contributed by atoms with E-state index in [9.17, 15) is 0 Å². The van der Waals surface area contributed by atoms with Gasteiger partial charge in [-0.1, -0.05) is 5.57 Å². The summed E-state index contributed by atoms with van der Waals surface area (Å²) in [6, 6.07) is 0. The minimum absolute atomic E-state index is 0.779. The van der Waals surface area contributed by atoms with Crippen molar-refractivity contribution in [1.29, 1.82) is 0 Å². The number of hydrogen-bond acceptors (Lipinski definition) is 2. The maximum absolute atomic E-state index is 5.64. The minimum Gasteiger partial charge on any atom is -0.330 e. The monoisotopic (exact) mass is 182 g/mol. The van der Waals surface area contributed by atoms with Crippen LogP contribution in [0.3, 0.4) is 0 Å². The predicted molar refractivity (Wildman–Crippen MR) is 57.6 cm³/mol. The lowest BCUT2D eigenvalue weighted by Crippen LogP contribution is -2.36. The van der Waals surface area contributed by atoms with Gasteiger partial charge in [0.05, 0.1) is 0 Å². The topological polar surface area (TPSA) is 29.3 Å². The van der Waals surface area contributed by atoms with E-state index in [4.69, 9.17) is 5.73 Å². The summed E-state index contributed by atoms with van der Waals surface area (Å²) < 4.78 is 0. The predicted octanol–water partition coefficient (Wildman–Crippen LogP) is 1.62. The summed E-state index contributed by atoms with van der Waals surface area (Å²) in [6.45, 7) is 10.5. The van der Waals surface area contributed by atoms with E-state index in [1.54, 1.807) is 0 Å². The Kier molecular flexibility index (Phi) is 4.46. The SMILES string of the molecule is C=C(C)CCN1CCC(CN)CC1. The molecule has 13 heavy (non-hydrogen) atoms. The summed E-state index contributed by atoms with van der Waals surface area (Å²) >= 11 is 0. The quantitative estimate of drug-likeness (QED) is 0.669. The molecule has 0 spiro atoms. The summed E-state index contributed by atoms with van der Waals surface area (Å²) in [7, 11) is 0. The van der Waals surface area contributed by atoms with E-state index in [1.165, 1.54) is 38.0 Å². The fraction of sp³-hybridized carbons (Fsp3) is 0.818. The first kappa shape index (κ1) is 10.7. The van der Waals surface area contributed by atoms with Gasteiger partial charge in [0.1, 0.15) is 0 Å². The van der Waals surface area contributed by atoms with Gasteiger partial charge in [0.15, 0.2) is 0 Å². The Morgan fingerprint density at radius 1 is 1.46 bits per heavy atom. The van der Waals surface area contributed by atoms with Crippen LogP contribution in [-0.4, -0.2) is 31.1 Å². The van der Waals surface area contributed by atoms with Gasteiger partial charge in [-0.05, 0) is 51.7 Å². The van der Waals surface area contributed by atoms with Gasteiger partial charge < -0.3 is 10.6 Å². The van der Waals surface area contributed by atoms with E-state index in [-0.39, 0.29) is 0 Å². The third kappa shape index (κ3) is 3.92. The van der Waals surface area contributed by atoms with Crippen molar-refractivity contribution in [2.24, 2.45) is 11.7 Å². The third-order valence-electron chi connectivity index (χ3n) is 2.90. The van der Waals surface area contributed by atoms with Crippen molar-refractivity contribution >= 4 is 0 Å². The molecule has 0 bridgehead atoms. The van der Waals surface area contributed by atoms with Crippen LogP contribution in [0, 0.1) is 5.92 Å². The van der Waals surface area contributed by atoms with E-state index < -0.39 is 0 Å². The van der Waals surface area contributed by atoms with Crippen molar-refractivity contribution in [2.45, 2.75) is 26.2 Å². The van der Waals surface area contributed by atoms with Gasteiger partial charge in [-0.15, -0.1) is 6.58 Å². The third-order valence-corrected chi connectivity index (χ3v) is 2.90. The highest BCUT2D eigenvalue weighted by Gasteiger charge is 2.16. The molecule has 2 nitrogen and oxygen atoms in total. The lowest BCUT2D eigenvalue weighted by molar-refractivity contribution is 0.189. The molecule has 0 radical (unpaired) electrons. The molecule has 1 aliphatic rings. The average molecular weight is 182 g/mol. The fourth-order valence-corrected chi connectivity index (χ4v) is 1.79. The van der Waals surface area contributed by atoms with Crippen molar-refractivity contribution < 1.29 is 0 Å². The fourth-order valence-electron chi connectivity index (χ4n) is 1.79. The first-order valence-electron chi connectivity index (χ1n) is 5.29. The van der Waals surface area contributed by atoms with Gasteiger partial charge in [-0.2, -0.15) is 0 Å². The van der Waals surface area contributed by atoms with Crippen molar-refractivity contribution in [3.05, 3.63) is 12.2 Å².